The standard InChI is InChI=1S/C56H37NS/c1-56(52-22-9-6-17-47(52)48-18-7-10-23-53(48)56)37-27-31-39(32-28-37)57(40-33-34-46-44-15-3-2-13-42(44)43-14-4-5-16-45(43)51(46)35-40)38-29-25-36(26-30-38)41-20-12-21-50-49-19-8-11-24-54(49)58-55(41)50/h2-35H,1H3. The molecule has 0 saturated carbocycles. The highest BCUT2D eigenvalue weighted by Gasteiger charge is 2.40. The summed E-state index contributed by atoms with van der Waals surface area (Å²) in [5, 5.41) is 10.3. The topological polar surface area (TPSA) is 3.24 Å². The minimum absolute atomic E-state index is 0.255. The first-order valence-corrected chi connectivity index (χ1v) is 20.9. The van der Waals surface area contributed by atoms with Crippen molar-refractivity contribution in [2.24, 2.45) is 0 Å². The average Bonchev–Trinajstić information content (AvgIpc) is 3.81. The summed E-state index contributed by atoms with van der Waals surface area (Å²) in [5.74, 6) is 0. The van der Waals surface area contributed by atoms with Crippen molar-refractivity contribution >= 4 is 80.9 Å². The number of fused-ring (bicyclic) bond motifs is 12. The first kappa shape index (κ1) is 33.2. The Morgan fingerprint density at radius 1 is 0.362 bits per heavy atom. The van der Waals surface area contributed by atoms with Crippen molar-refractivity contribution in [1.29, 1.82) is 0 Å². The Morgan fingerprint density at radius 2 is 0.828 bits per heavy atom. The van der Waals surface area contributed by atoms with Crippen LogP contribution >= 0.6 is 11.3 Å². The molecule has 0 amide bonds. The van der Waals surface area contributed by atoms with Gasteiger partial charge in [0.2, 0.25) is 0 Å². The van der Waals surface area contributed by atoms with Crippen LogP contribution in [0.25, 0.3) is 74.7 Å². The van der Waals surface area contributed by atoms with Gasteiger partial charge in [-0.15, -0.1) is 11.3 Å². The third-order valence-electron chi connectivity index (χ3n) is 12.8. The first-order chi connectivity index (χ1) is 28.6. The van der Waals surface area contributed by atoms with Gasteiger partial charge in [-0.2, -0.15) is 0 Å². The van der Waals surface area contributed by atoms with Gasteiger partial charge in [0.15, 0.2) is 0 Å². The Bertz CT molecular complexity index is 3330. The van der Waals surface area contributed by atoms with Gasteiger partial charge in [0.05, 0.1) is 0 Å². The van der Waals surface area contributed by atoms with Crippen molar-refractivity contribution < 1.29 is 0 Å². The Labute approximate surface area is 341 Å². The lowest BCUT2D eigenvalue weighted by Gasteiger charge is -2.30. The molecule has 0 aliphatic heterocycles. The highest BCUT2D eigenvalue weighted by atomic mass is 32.1. The summed E-state index contributed by atoms with van der Waals surface area (Å²) in [6.07, 6.45) is 0. The van der Waals surface area contributed by atoms with E-state index in [0.29, 0.717) is 0 Å². The van der Waals surface area contributed by atoms with Crippen molar-refractivity contribution in [2.75, 3.05) is 4.90 Å². The normalized spacial score (nSPS) is 13.1. The molecule has 12 rings (SSSR count). The lowest BCUT2D eigenvalue weighted by atomic mass is 9.74. The monoisotopic (exact) mass is 755 g/mol. The Morgan fingerprint density at radius 3 is 1.47 bits per heavy atom. The van der Waals surface area contributed by atoms with Crippen LogP contribution < -0.4 is 4.90 Å². The largest absolute Gasteiger partial charge is 0.310 e. The van der Waals surface area contributed by atoms with Gasteiger partial charge in [-0.05, 0) is 121 Å². The molecule has 272 valence electrons. The summed E-state index contributed by atoms with van der Waals surface area (Å²) in [5.41, 5.74) is 12.3. The van der Waals surface area contributed by atoms with E-state index in [9.17, 15) is 0 Å². The number of hydrogen-bond donors (Lipinski definition) is 0. The van der Waals surface area contributed by atoms with Crippen molar-refractivity contribution in [3.8, 4) is 22.3 Å². The summed E-state index contributed by atoms with van der Waals surface area (Å²) >= 11 is 1.88. The number of hydrogen-bond acceptors (Lipinski definition) is 2. The summed E-state index contributed by atoms with van der Waals surface area (Å²) in [6, 6.07) is 76.5. The zero-order chi connectivity index (χ0) is 38.4. The Hall–Kier alpha value is -7.00. The van der Waals surface area contributed by atoms with E-state index in [4.69, 9.17) is 0 Å². The first-order valence-electron chi connectivity index (χ1n) is 20.1. The van der Waals surface area contributed by atoms with Crippen molar-refractivity contribution in [1.82, 2.24) is 0 Å². The molecule has 0 atom stereocenters. The molecule has 0 fully saturated rings. The maximum absolute atomic E-state index is 2.43. The number of benzene rings is 10. The molecule has 0 N–H and O–H groups in total. The molecule has 2 heteroatoms. The molecular formula is C56H37NS. The van der Waals surface area contributed by atoms with Crippen molar-refractivity contribution in [3.63, 3.8) is 0 Å². The molecule has 1 aliphatic rings. The zero-order valence-electron chi connectivity index (χ0n) is 32.0. The molecule has 1 nitrogen and oxygen atoms in total. The van der Waals surface area contributed by atoms with E-state index >= 15 is 0 Å². The van der Waals surface area contributed by atoms with E-state index in [1.165, 1.54) is 91.4 Å². The molecule has 0 spiro atoms. The molecule has 58 heavy (non-hydrogen) atoms. The van der Waals surface area contributed by atoms with Crippen molar-refractivity contribution in [3.05, 3.63) is 223 Å². The summed E-state index contributed by atoms with van der Waals surface area (Å²) in [6.45, 7) is 2.39. The van der Waals surface area contributed by atoms with Crippen LogP contribution in [0.3, 0.4) is 0 Å². The van der Waals surface area contributed by atoms with E-state index in [0.717, 1.165) is 17.1 Å². The van der Waals surface area contributed by atoms with Crippen LogP contribution in [0.15, 0.2) is 206 Å². The van der Waals surface area contributed by atoms with E-state index in [-0.39, 0.29) is 5.41 Å². The van der Waals surface area contributed by atoms with Gasteiger partial charge in [-0.3, -0.25) is 0 Å². The number of rotatable bonds is 5. The maximum Gasteiger partial charge on any atom is 0.0468 e. The van der Waals surface area contributed by atoms with Crippen LogP contribution in [0.1, 0.15) is 23.6 Å². The Kier molecular flexibility index (Phi) is 7.30. The predicted octanol–water partition coefficient (Wildman–Crippen LogP) is 16.0. The number of anilines is 3. The average molecular weight is 756 g/mol. The minimum atomic E-state index is -0.255. The van der Waals surface area contributed by atoms with Crippen LogP contribution in [-0.2, 0) is 5.41 Å². The molecule has 10 aromatic carbocycles. The molecule has 1 aliphatic carbocycles. The third-order valence-corrected chi connectivity index (χ3v) is 14.0. The van der Waals surface area contributed by atoms with Crippen LogP contribution in [0.4, 0.5) is 17.1 Å². The SMILES string of the molecule is CC1(c2ccc(N(c3ccc(-c4cccc5c4sc4ccccc45)cc3)c3ccc4c5ccccc5c5ccccc5c4c3)cc2)c2ccccc2-c2ccccc21. The smallest absolute Gasteiger partial charge is 0.0468 e. The van der Waals surface area contributed by atoms with E-state index < -0.39 is 0 Å². The van der Waals surface area contributed by atoms with Gasteiger partial charge in [-0.25, -0.2) is 0 Å². The molecular weight excluding hydrogens is 719 g/mol. The fourth-order valence-corrected chi connectivity index (χ4v) is 11.2. The maximum atomic E-state index is 2.43. The second kappa shape index (κ2) is 12.8. The van der Waals surface area contributed by atoms with Gasteiger partial charge in [-0.1, -0.05) is 164 Å². The highest BCUT2D eigenvalue weighted by Crippen LogP contribution is 2.53. The van der Waals surface area contributed by atoms with Crippen LogP contribution in [0.5, 0.6) is 0 Å². The molecule has 0 saturated heterocycles. The highest BCUT2D eigenvalue weighted by molar-refractivity contribution is 7.26. The van der Waals surface area contributed by atoms with Gasteiger partial charge in [0.25, 0.3) is 0 Å². The third kappa shape index (κ3) is 4.82. The van der Waals surface area contributed by atoms with E-state index in [1.807, 2.05) is 11.3 Å². The summed E-state index contributed by atoms with van der Waals surface area (Å²) in [4.78, 5) is 2.43. The molecule has 1 heterocycles. The quantitative estimate of drug-likeness (QED) is 0.158. The lowest BCUT2D eigenvalue weighted by Crippen LogP contribution is -2.22. The molecule has 0 bridgehead atoms. The van der Waals surface area contributed by atoms with Gasteiger partial charge < -0.3 is 4.90 Å². The second-order valence-corrected chi connectivity index (χ2v) is 16.8. The lowest BCUT2D eigenvalue weighted by molar-refractivity contribution is 0.714. The summed E-state index contributed by atoms with van der Waals surface area (Å²) < 4.78 is 2.66. The summed E-state index contributed by atoms with van der Waals surface area (Å²) in [7, 11) is 0. The fourth-order valence-electron chi connectivity index (χ4n) is 9.95. The Balaban J connectivity index is 1.03. The van der Waals surface area contributed by atoms with Gasteiger partial charge in [0.1, 0.15) is 0 Å². The molecule has 0 radical (unpaired) electrons. The minimum Gasteiger partial charge on any atom is -0.310 e. The fraction of sp³-hybridized carbons (Fsp3) is 0.0357. The van der Waals surface area contributed by atoms with Crippen LogP contribution in [0.2, 0.25) is 0 Å². The van der Waals surface area contributed by atoms with E-state index in [2.05, 4.69) is 218 Å². The molecule has 11 aromatic rings. The predicted molar refractivity (Wildman–Crippen MR) is 249 cm³/mol. The van der Waals surface area contributed by atoms with Gasteiger partial charge >= 0.3 is 0 Å². The second-order valence-electron chi connectivity index (χ2n) is 15.7. The zero-order valence-corrected chi connectivity index (χ0v) is 32.8. The van der Waals surface area contributed by atoms with Gasteiger partial charge in [0, 0.05) is 42.6 Å². The molecule has 0 unspecified atom stereocenters. The van der Waals surface area contributed by atoms with E-state index in [1.54, 1.807) is 0 Å². The van der Waals surface area contributed by atoms with Crippen LogP contribution in [0, 0.1) is 0 Å². The molecule has 1 aromatic heterocycles. The number of nitrogens with zero attached hydrogens (tertiary/aromatic N) is 1. The number of thiophene rings is 1. The van der Waals surface area contributed by atoms with Crippen molar-refractivity contribution in [2.45, 2.75) is 12.3 Å². The van der Waals surface area contributed by atoms with Crippen LogP contribution in [-0.4, -0.2) is 0 Å².